The van der Waals surface area contributed by atoms with E-state index < -0.39 is 17.2 Å². The molecule has 156 valence electrons. The van der Waals surface area contributed by atoms with Crippen LogP contribution in [0.3, 0.4) is 0 Å². The topological polar surface area (TPSA) is 74.7 Å². The zero-order chi connectivity index (χ0) is 20.6. The molecule has 0 radical (unpaired) electrons. The Morgan fingerprint density at radius 2 is 1.97 bits per heavy atom. The third kappa shape index (κ3) is 3.60. The number of nitrogens with zero attached hydrogens (tertiary/aromatic N) is 2. The second kappa shape index (κ2) is 7.58. The number of aromatic nitrogens is 1. The first kappa shape index (κ1) is 20.1. The lowest BCUT2D eigenvalue weighted by molar-refractivity contribution is -0.198. The fourth-order valence-electron chi connectivity index (χ4n) is 4.69. The Morgan fingerprint density at radius 1 is 1.24 bits per heavy atom. The van der Waals surface area contributed by atoms with Crippen molar-refractivity contribution in [2.45, 2.75) is 57.3 Å². The molecule has 1 spiro atoms. The van der Waals surface area contributed by atoms with E-state index in [0.29, 0.717) is 25.9 Å². The summed E-state index contributed by atoms with van der Waals surface area (Å²) in [5.41, 5.74) is -1.29. The average Bonchev–Trinajstić information content (AvgIpc) is 2.72. The number of anilines is 1. The van der Waals surface area contributed by atoms with E-state index in [1.165, 1.54) is 5.39 Å². The van der Waals surface area contributed by atoms with Gasteiger partial charge in [-0.1, -0.05) is 38.1 Å². The van der Waals surface area contributed by atoms with E-state index in [4.69, 9.17) is 4.74 Å². The van der Waals surface area contributed by atoms with Crippen LogP contribution in [-0.2, 0) is 9.53 Å². The van der Waals surface area contributed by atoms with E-state index in [2.05, 4.69) is 27.3 Å². The normalized spacial score (nSPS) is 26.8. The number of benzene rings is 1. The predicted molar refractivity (Wildman–Crippen MR) is 114 cm³/mol. The van der Waals surface area contributed by atoms with Crippen LogP contribution in [0.4, 0.5) is 5.82 Å². The molecule has 6 heteroatoms. The van der Waals surface area contributed by atoms with Crippen molar-refractivity contribution in [3.8, 4) is 0 Å². The molecule has 2 saturated heterocycles. The molecule has 1 aromatic carbocycles. The lowest BCUT2D eigenvalue weighted by Crippen LogP contribution is -2.69. The first-order valence-electron chi connectivity index (χ1n) is 10.6. The molecule has 2 fully saturated rings. The van der Waals surface area contributed by atoms with Crippen LogP contribution in [0.25, 0.3) is 10.8 Å². The van der Waals surface area contributed by atoms with Crippen LogP contribution in [0.1, 0.15) is 40.0 Å². The summed E-state index contributed by atoms with van der Waals surface area (Å²) >= 11 is 0. The lowest BCUT2D eigenvalue weighted by atomic mass is 9.73. The number of pyridine rings is 1. The number of aliphatic hydroxyl groups excluding tert-OH is 1. The summed E-state index contributed by atoms with van der Waals surface area (Å²) in [5.74, 6) is 0.845. The standard InChI is InChI=1S/C23H31N3O3/c1-16(2)20(27)25-22(3)11-15-29-23(21(22)28)9-13-26(14-10-23)19-18-7-5-4-6-17(18)8-12-24-19/h4-8,12,16,21,28H,9-11,13-15H2,1-3H3,(H,25,27)/t21-,22+/m1/s1. The molecule has 0 unspecified atom stereocenters. The van der Waals surface area contributed by atoms with Gasteiger partial charge in [0.1, 0.15) is 11.9 Å². The van der Waals surface area contributed by atoms with E-state index in [1.54, 1.807) is 0 Å². The highest BCUT2D eigenvalue weighted by Gasteiger charge is 2.54. The number of ether oxygens (including phenoxy) is 1. The van der Waals surface area contributed by atoms with Crippen LogP contribution < -0.4 is 10.2 Å². The van der Waals surface area contributed by atoms with Crippen LogP contribution >= 0.6 is 0 Å². The van der Waals surface area contributed by atoms with Crippen molar-refractivity contribution >= 4 is 22.5 Å². The summed E-state index contributed by atoms with van der Waals surface area (Å²) in [6.07, 6.45) is 3.13. The van der Waals surface area contributed by atoms with Gasteiger partial charge in [0, 0.05) is 37.2 Å². The van der Waals surface area contributed by atoms with Gasteiger partial charge in [-0.3, -0.25) is 4.79 Å². The van der Waals surface area contributed by atoms with E-state index >= 15 is 0 Å². The van der Waals surface area contributed by atoms with Gasteiger partial charge in [-0.2, -0.15) is 0 Å². The van der Waals surface area contributed by atoms with Crippen LogP contribution in [0, 0.1) is 5.92 Å². The van der Waals surface area contributed by atoms with E-state index in [-0.39, 0.29) is 11.8 Å². The van der Waals surface area contributed by atoms with Gasteiger partial charge in [-0.05, 0) is 37.6 Å². The molecular weight excluding hydrogens is 366 g/mol. The summed E-state index contributed by atoms with van der Waals surface area (Å²) in [7, 11) is 0. The number of rotatable bonds is 3. The summed E-state index contributed by atoms with van der Waals surface area (Å²) in [6, 6.07) is 10.3. The molecule has 0 saturated carbocycles. The molecule has 0 aliphatic carbocycles. The number of piperidine rings is 1. The van der Waals surface area contributed by atoms with Crippen LogP contribution in [0.2, 0.25) is 0 Å². The largest absolute Gasteiger partial charge is 0.388 e. The Bertz CT molecular complexity index is 887. The number of nitrogens with one attached hydrogen (secondary N) is 1. The smallest absolute Gasteiger partial charge is 0.223 e. The first-order chi connectivity index (χ1) is 13.8. The molecule has 4 rings (SSSR count). The Balaban J connectivity index is 1.52. The zero-order valence-corrected chi connectivity index (χ0v) is 17.5. The number of aliphatic hydroxyl groups is 1. The third-order valence-electron chi connectivity index (χ3n) is 6.61. The van der Waals surface area contributed by atoms with Gasteiger partial charge in [-0.25, -0.2) is 4.98 Å². The highest BCUT2D eigenvalue weighted by molar-refractivity contribution is 5.92. The number of carbonyl (C=O) groups excluding carboxylic acids is 1. The van der Waals surface area contributed by atoms with E-state index in [9.17, 15) is 9.90 Å². The van der Waals surface area contributed by atoms with Gasteiger partial charge in [0.2, 0.25) is 5.91 Å². The van der Waals surface area contributed by atoms with Crippen molar-refractivity contribution in [3.63, 3.8) is 0 Å². The predicted octanol–water partition coefficient (Wildman–Crippen LogP) is 2.89. The van der Waals surface area contributed by atoms with Crippen LogP contribution in [0.5, 0.6) is 0 Å². The fraction of sp³-hybridized carbons (Fsp3) is 0.565. The first-order valence-corrected chi connectivity index (χ1v) is 10.6. The summed E-state index contributed by atoms with van der Waals surface area (Å²) in [4.78, 5) is 19.2. The number of carbonyl (C=O) groups is 1. The molecule has 2 atom stereocenters. The van der Waals surface area contributed by atoms with Gasteiger partial charge in [-0.15, -0.1) is 0 Å². The van der Waals surface area contributed by atoms with Crippen molar-refractivity contribution < 1.29 is 14.6 Å². The van der Waals surface area contributed by atoms with Crippen LogP contribution in [0.15, 0.2) is 36.5 Å². The van der Waals surface area contributed by atoms with Crippen molar-refractivity contribution in [3.05, 3.63) is 36.5 Å². The Labute approximate surface area is 172 Å². The molecule has 0 bridgehead atoms. The quantitative estimate of drug-likeness (QED) is 0.833. The second-order valence-electron chi connectivity index (χ2n) is 8.97. The average molecular weight is 398 g/mol. The van der Waals surface area contributed by atoms with Crippen LogP contribution in [-0.4, -0.2) is 52.9 Å². The van der Waals surface area contributed by atoms with Crippen molar-refractivity contribution in [2.24, 2.45) is 5.92 Å². The van der Waals surface area contributed by atoms with Gasteiger partial charge < -0.3 is 20.1 Å². The number of hydrogen-bond donors (Lipinski definition) is 2. The Kier molecular flexibility index (Phi) is 5.25. The van der Waals surface area contributed by atoms with Gasteiger partial charge in [0.05, 0.1) is 11.1 Å². The van der Waals surface area contributed by atoms with Gasteiger partial charge in [0.25, 0.3) is 0 Å². The summed E-state index contributed by atoms with van der Waals surface area (Å²) < 4.78 is 6.18. The minimum atomic E-state index is -0.742. The molecule has 1 amide bonds. The molecule has 2 aliphatic rings. The van der Waals surface area contributed by atoms with E-state index in [0.717, 1.165) is 24.3 Å². The molecule has 6 nitrogen and oxygen atoms in total. The molecule has 1 aromatic heterocycles. The SMILES string of the molecule is CC(C)C(=O)N[C@@]1(C)CCOC2(CCN(c3nccc4ccccc34)CC2)[C@@H]1O. The Morgan fingerprint density at radius 3 is 2.69 bits per heavy atom. The molecule has 3 heterocycles. The molecule has 2 aromatic rings. The monoisotopic (exact) mass is 397 g/mol. The second-order valence-corrected chi connectivity index (χ2v) is 8.97. The maximum atomic E-state index is 12.3. The third-order valence-corrected chi connectivity index (χ3v) is 6.61. The Hall–Kier alpha value is -2.18. The van der Waals surface area contributed by atoms with E-state index in [1.807, 2.05) is 45.2 Å². The molecular formula is C23H31N3O3. The highest BCUT2D eigenvalue weighted by Crippen LogP contribution is 2.41. The minimum absolute atomic E-state index is 0.0269. The number of amides is 1. The number of hydrogen-bond acceptors (Lipinski definition) is 5. The highest BCUT2D eigenvalue weighted by atomic mass is 16.5. The van der Waals surface area contributed by atoms with Gasteiger partial charge in [0.15, 0.2) is 0 Å². The zero-order valence-electron chi connectivity index (χ0n) is 17.5. The van der Waals surface area contributed by atoms with Crippen molar-refractivity contribution in [1.29, 1.82) is 0 Å². The maximum absolute atomic E-state index is 12.3. The lowest BCUT2D eigenvalue weighted by Gasteiger charge is -2.53. The van der Waals surface area contributed by atoms with Crippen molar-refractivity contribution in [1.82, 2.24) is 10.3 Å². The van der Waals surface area contributed by atoms with Gasteiger partial charge >= 0.3 is 0 Å². The molecule has 2 N–H and O–H groups in total. The fourth-order valence-corrected chi connectivity index (χ4v) is 4.69. The number of fused-ring (bicyclic) bond motifs is 1. The maximum Gasteiger partial charge on any atom is 0.223 e. The summed E-state index contributed by atoms with van der Waals surface area (Å²) in [5, 5.41) is 16.7. The minimum Gasteiger partial charge on any atom is -0.388 e. The van der Waals surface area contributed by atoms with Crippen molar-refractivity contribution in [2.75, 3.05) is 24.6 Å². The molecule has 2 aliphatic heterocycles. The molecule has 29 heavy (non-hydrogen) atoms. The summed E-state index contributed by atoms with van der Waals surface area (Å²) in [6.45, 7) is 7.74.